The van der Waals surface area contributed by atoms with Crippen molar-refractivity contribution in [2.45, 2.75) is 19.3 Å². The summed E-state index contributed by atoms with van der Waals surface area (Å²) in [5.74, 6) is 0.713. The molecule has 5 nitrogen and oxygen atoms in total. The summed E-state index contributed by atoms with van der Waals surface area (Å²) in [5.41, 5.74) is 15.0. The Hall–Kier alpha value is -6.98. The second kappa shape index (κ2) is 10.6. The molecule has 0 atom stereocenters. The minimum Gasteiger partial charge on any atom is -0.454 e. The van der Waals surface area contributed by atoms with E-state index in [4.69, 9.17) is 14.4 Å². The molecule has 7 aromatic carbocycles. The van der Waals surface area contributed by atoms with Gasteiger partial charge in [-0.3, -0.25) is 0 Å². The zero-order chi connectivity index (χ0) is 35.7. The molecule has 0 amide bonds. The van der Waals surface area contributed by atoms with E-state index in [0.717, 1.165) is 66.6 Å². The van der Waals surface area contributed by atoms with Gasteiger partial charge in [-0.15, -0.1) is 0 Å². The van der Waals surface area contributed by atoms with Crippen LogP contribution in [0.25, 0.3) is 99.7 Å². The number of rotatable bonds is 3. The SMILES string of the molecule is CC1(C)c2cc(-c3nc(-c4ccc5c(c4)c4ccccc4n5-c4ccccc4)c4ccccc4n3)ccc2-n2c3c1cccc3c1oc3ccccc3c12. The lowest BCUT2D eigenvalue weighted by Crippen LogP contribution is -2.26. The fraction of sp³-hybridized carbons (Fsp3) is 0.0612. The zero-order valence-corrected chi connectivity index (χ0v) is 29.7. The number of hydrogen-bond donors (Lipinski definition) is 0. The molecule has 0 unspecified atom stereocenters. The van der Waals surface area contributed by atoms with Crippen LogP contribution in [0.1, 0.15) is 25.0 Å². The molecule has 11 aromatic rings. The molecule has 0 radical (unpaired) electrons. The Morgan fingerprint density at radius 3 is 2.11 bits per heavy atom. The van der Waals surface area contributed by atoms with Gasteiger partial charge < -0.3 is 13.6 Å². The quantitative estimate of drug-likeness (QED) is 0.185. The Morgan fingerprint density at radius 1 is 0.500 bits per heavy atom. The molecule has 1 aliphatic heterocycles. The summed E-state index contributed by atoms with van der Waals surface area (Å²) >= 11 is 0. The largest absolute Gasteiger partial charge is 0.454 e. The van der Waals surface area contributed by atoms with Crippen LogP contribution >= 0.6 is 0 Å². The van der Waals surface area contributed by atoms with Crippen molar-refractivity contribution >= 4 is 65.7 Å². The molecule has 5 heteroatoms. The van der Waals surface area contributed by atoms with Crippen LogP contribution in [0.15, 0.2) is 162 Å². The number of nitrogens with zero attached hydrogens (tertiary/aromatic N) is 4. The maximum absolute atomic E-state index is 6.54. The molecule has 0 aliphatic carbocycles. The molecule has 5 heterocycles. The Balaban J connectivity index is 1.08. The highest BCUT2D eigenvalue weighted by Gasteiger charge is 2.37. The van der Waals surface area contributed by atoms with Crippen molar-refractivity contribution in [3.63, 3.8) is 0 Å². The minimum absolute atomic E-state index is 0.274. The van der Waals surface area contributed by atoms with Gasteiger partial charge in [0, 0.05) is 49.2 Å². The molecular formula is C49H32N4O. The molecule has 254 valence electrons. The first kappa shape index (κ1) is 29.6. The van der Waals surface area contributed by atoms with Gasteiger partial charge in [0.1, 0.15) is 11.1 Å². The number of aromatic nitrogens is 4. The van der Waals surface area contributed by atoms with Gasteiger partial charge in [0.25, 0.3) is 0 Å². The van der Waals surface area contributed by atoms with Crippen LogP contribution in [0.4, 0.5) is 0 Å². The van der Waals surface area contributed by atoms with E-state index >= 15 is 0 Å². The third-order valence-corrected chi connectivity index (χ3v) is 11.7. The lowest BCUT2D eigenvalue weighted by Gasteiger charge is -2.35. The van der Waals surface area contributed by atoms with Crippen LogP contribution in [0.3, 0.4) is 0 Å². The van der Waals surface area contributed by atoms with Gasteiger partial charge in [-0.25, -0.2) is 9.97 Å². The summed E-state index contributed by atoms with van der Waals surface area (Å²) in [6.07, 6.45) is 0. The molecule has 0 spiro atoms. The summed E-state index contributed by atoms with van der Waals surface area (Å²) in [4.78, 5) is 10.6. The molecule has 0 N–H and O–H groups in total. The Bertz CT molecular complexity index is 3360. The monoisotopic (exact) mass is 692 g/mol. The second-order valence-electron chi connectivity index (χ2n) is 15.0. The Morgan fingerprint density at radius 2 is 1.22 bits per heavy atom. The normalized spacial score (nSPS) is 13.5. The number of fused-ring (bicyclic) bond motifs is 11. The van der Waals surface area contributed by atoms with E-state index in [9.17, 15) is 0 Å². The number of furan rings is 1. The van der Waals surface area contributed by atoms with E-state index < -0.39 is 0 Å². The number of benzene rings is 7. The summed E-state index contributed by atoms with van der Waals surface area (Å²) in [7, 11) is 0. The van der Waals surface area contributed by atoms with Gasteiger partial charge in [0.05, 0.1) is 33.4 Å². The molecule has 0 saturated carbocycles. The van der Waals surface area contributed by atoms with E-state index in [1.165, 1.54) is 38.4 Å². The van der Waals surface area contributed by atoms with Crippen LogP contribution in [0, 0.1) is 0 Å². The van der Waals surface area contributed by atoms with Crippen molar-refractivity contribution < 1.29 is 4.42 Å². The summed E-state index contributed by atoms with van der Waals surface area (Å²) < 4.78 is 11.3. The van der Waals surface area contributed by atoms with Gasteiger partial charge in [-0.1, -0.05) is 98.8 Å². The molecule has 0 saturated heterocycles. The van der Waals surface area contributed by atoms with Crippen molar-refractivity contribution in [2.24, 2.45) is 0 Å². The average Bonchev–Trinajstić information content (AvgIpc) is 3.87. The van der Waals surface area contributed by atoms with E-state index in [-0.39, 0.29) is 5.41 Å². The number of hydrogen-bond acceptors (Lipinski definition) is 3. The molecule has 54 heavy (non-hydrogen) atoms. The minimum atomic E-state index is -0.274. The fourth-order valence-corrected chi connectivity index (χ4v) is 9.18. The maximum atomic E-state index is 6.54. The first-order valence-corrected chi connectivity index (χ1v) is 18.5. The lowest BCUT2D eigenvalue weighted by atomic mass is 9.74. The topological polar surface area (TPSA) is 48.8 Å². The predicted octanol–water partition coefficient (Wildman–Crippen LogP) is 12.5. The van der Waals surface area contributed by atoms with Gasteiger partial charge in [-0.05, 0) is 83.9 Å². The number of para-hydroxylation sites is 5. The van der Waals surface area contributed by atoms with Crippen LogP contribution in [0.2, 0.25) is 0 Å². The third kappa shape index (κ3) is 3.88. The van der Waals surface area contributed by atoms with Crippen molar-refractivity contribution in [2.75, 3.05) is 0 Å². The maximum Gasteiger partial charge on any atom is 0.161 e. The molecule has 12 rings (SSSR count). The first-order chi connectivity index (χ1) is 26.5. The van der Waals surface area contributed by atoms with E-state index in [2.05, 4.69) is 175 Å². The van der Waals surface area contributed by atoms with E-state index in [0.29, 0.717) is 5.82 Å². The van der Waals surface area contributed by atoms with Crippen LogP contribution in [0.5, 0.6) is 0 Å². The van der Waals surface area contributed by atoms with Crippen molar-refractivity contribution in [1.82, 2.24) is 19.1 Å². The van der Waals surface area contributed by atoms with Crippen LogP contribution in [-0.2, 0) is 5.41 Å². The van der Waals surface area contributed by atoms with E-state index in [1.807, 2.05) is 6.07 Å². The lowest BCUT2D eigenvalue weighted by molar-refractivity contribution is 0.630. The zero-order valence-electron chi connectivity index (χ0n) is 29.7. The van der Waals surface area contributed by atoms with Gasteiger partial charge in [0.2, 0.25) is 0 Å². The van der Waals surface area contributed by atoms with Gasteiger partial charge >= 0.3 is 0 Å². The van der Waals surface area contributed by atoms with Crippen LogP contribution < -0.4 is 0 Å². The molecule has 4 aromatic heterocycles. The molecule has 0 fully saturated rings. The third-order valence-electron chi connectivity index (χ3n) is 11.7. The smallest absolute Gasteiger partial charge is 0.161 e. The van der Waals surface area contributed by atoms with Crippen molar-refractivity contribution in [3.05, 3.63) is 169 Å². The highest BCUT2D eigenvalue weighted by molar-refractivity contribution is 6.18. The van der Waals surface area contributed by atoms with Crippen molar-refractivity contribution in [3.8, 4) is 34.0 Å². The average molecular weight is 693 g/mol. The molecule has 0 bridgehead atoms. The summed E-state index contributed by atoms with van der Waals surface area (Å²) in [5, 5.41) is 5.71. The predicted molar refractivity (Wildman–Crippen MR) is 221 cm³/mol. The molecule has 1 aliphatic rings. The first-order valence-electron chi connectivity index (χ1n) is 18.5. The van der Waals surface area contributed by atoms with Crippen molar-refractivity contribution in [1.29, 1.82) is 0 Å². The Labute approximate surface area is 310 Å². The highest BCUT2D eigenvalue weighted by atomic mass is 16.3. The highest BCUT2D eigenvalue weighted by Crippen LogP contribution is 2.50. The Kier molecular flexibility index (Phi) is 5.78. The van der Waals surface area contributed by atoms with Gasteiger partial charge in [0.15, 0.2) is 11.4 Å². The van der Waals surface area contributed by atoms with E-state index in [1.54, 1.807) is 0 Å². The second-order valence-corrected chi connectivity index (χ2v) is 15.0. The fourth-order valence-electron chi connectivity index (χ4n) is 9.18. The van der Waals surface area contributed by atoms with Crippen LogP contribution in [-0.4, -0.2) is 19.1 Å². The van der Waals surface area contributed by atoms with Gasteiger partial charge in [-0.2, -0.15) is 0 Å². The summed E-state index contributed by atoms with van der Waals surface area (Å²) in [6.45, 7) is 4.66. The summed E-state index contributed by atoms with van der Waals surface area (Å²) in [6, 6.07) is 56.1. The molecular weight excluding hydrogens is 661 g/mol. The standard InChI is InChI=1S/C49H32N4O/c1-49(2)37-19-12-18-35-45(37)53(46-34-17-8-11-22-43(34)54-47(35)46)42-26-24-30(28-38(42)49)48-50-39-20-9-6-16-33(39)44(51-48)29-23-25-41-36(27-29)32-15-7-10-21-40(32)52(41)31-13-4-3-5-14-31/h3-28H,1-2H3.